The van der Waals surface area contributed by atoms with Crippen molar-refractivity contribution in [2.75, 3.05) is 13.7 Å². The molecule has 1 aliphatic heterocycles. The van der Waals surface area contributed by atoms with Crippen LogP contribution >= 0.6 is 23.2 Å². The number of aromatic amines is 1. The second-order valence-corrected chi connectivity index (χ2v) is 7.52. The van der Waals surface area contributed by atoms with Crippen molar-refractivity contribution in [1.82, 2.24) is 19.9 Å². The molecule has 0 fully saturated rings. The molecule has 3 heterocycles. The van der Waals surface area contributed by atoms with Crippen molar-refractivity contribution in [2.45, 2.75) is 26.3 Å². The van der Waals surface area contributed by atoms with Gasteiger partial charge in [-0.25, -0.2) is 9.97 Å². The zero-order chi connectivity index (χ0) is 20.7. The molecule has 1 amide bonds. The van der Waals surface area contributed by atoms with Crippen LogP contribution in [0.2, 0.25) is 10.0 Å². The van der Waals surface area contributed by atoms with Gasteiger partial charge in [-0.2, -0.15) is 0 Å². The Balaban J connectivity index is 1.81. The average molecular weight is 429 g/mol. The molecule has 0 radical (unpaired) electrons. The standard InChI is InChI=1S/C21H18Cl2N4O2/c1-4-5-12-8-14(22)18(23)19-17(12)16-11(2)27(7-6-15(16)26-19)21(28)20-24-9-13(29-3)10-25-20/h8-11,26H,6-7H2,1-3H3/t11-/m1/s1. The van der Waals surface area contributed by atoms with Crippen LogP contribution in [0.15, 0.2) is 18.5 Å². The number of H-pyrrole nitrogens is 1. The maximum absolute atomic E-state index is 13.1. The number of amides is 1. The second kappa shape index (κ2) is 7.58. The first-order chi connectivity index (χ1) is 14.0. The zero-order valence-corrected chi connectivity index (χ0v) is 17.6. The highest BCUT2D eigenvalue weighted by molar-refractivity contribution is 6.45. The van der Waals surface area contributed by atoms with Crippen LogP contribution in [0.4, 0.5) is 0 Å². The molecule has 1 aromatic carbocycles. The lowest BCUT2D eigenvalue weighted by atomic mass is 9.94. The van der Waals surface area contributed by atoms with E-state index in [1.807, 2.05) is 6.92 Å². The van der Waals surface area contributed by atoms with Crippen LogP contribution in [0.3, 0.4) is 0 Å². The minimum atomic E-state index is -0.233. The van der Waals surface area contributed by atoms with Gasteiger partial charge in [0.2, 0.25) is 5.82 Å². The molecule has 2 aromatic heterocycles. The van der Waals surface area contributed by atoms with E-state index in [0.717, 1.165) is 27.7 Å². The summed E-state index contributed by atoms with van der Waals surface area (Å²) in [6, 6.07) is 1.57. The minimum Gasteiger partial charge on any atom is -0.494 e. The number of aromatic nitrogens is 3. The molecular formula is C21H18Cl2N4O2. The van der Waals surface area contributed by atoms with Gasteiger partial charge in [0.15, 0.2) is 5.75 Å². The Kier molecular flexibility index (Phi) is 5.12. The number of carbonyl (C=O) groups excluding carboxylic acids is 1. The van der Waals surface area contributed by atoms with Crippen LogP contribution < -0.4 is 4.74 Å². The van der Waals surface area contributed by atoms with Crippen molar-refractivity contribution < 1.29 is 9.53 Å². The van der Waals surface area contributed by atoms with E-state index in [-0.39, 0.29) is 17.8 Å². The molecule has 29 heavy (non-hydrogen) atoms. The van der Waals surface area contributed by atoms with Crippen LogP contribution in [0.5, 0.6) is 5.75 Å². The highest BCUT2D eigenvalue weighted by Crippen LogP contribution is 2.42. The quantitative estimate of drug-likeness (QED) is 0.613. The maximum Gasteiger partial charge on any atom is 0.292 e. The molecule has 0 saturated carbocycles. The third-order valence-electron chi connectivity index (χ3n) is 5.15. The molecule has 0 spiro atoms. The summed E-state index contributed by atoms with van der Waals surface area (Å²) in [5.74, 6) is 6.44. The highest BCUT2D eigenvalue weighted by Gasteiger charge is 2.33. The number of fused-ring (bicyclic) bond motifs is 3. The molecule has 3 aromatic rings. The lowest BCUT2D eigenvalue weighted by Crippen LogP contribution is -2.39. The molecule has 148 valence electrons. The summed E-state index contributed by atoms with van der Waals surface area (Å²) in [4.78, 5) is 26.5. The Morgan fingerprint density at radius 2 is 2.07 bits per heavy atom. The molecule has 0 aliphatic carbocycles. The SMILES string of the molecule is CC#Cc1cc(Cl)c(Cl)c2[nH]c3c(c12)[C@@H](C)N(C(=O)c1ncc(OC)cn1)CC3. The summed E-state index contributed by atoms with van der Waals surface area (Å²) in [7, 11) is 1.53. The van der Waals surface area contributed by atoms with Crippen molar-refractivity contribution in [2.24, 2.45) is 0 Å². The van der Waals surface area contributed by atoms with Crippen LogP contribution in [-0.2, 0) is 6.42 Å². The van der Waals surface area contributed by atoms with E-state index in [1.54, 1.807) is 17.9 Å². The molecule has 1 aliphatic rings. The summed E-state index contributed by atoms with van der Waals surface area (Å²) < 4.78 is 5.07. The van der Waals surface area contributed by atoms with Crippen LogP contribution in [0.25, 0.3) is 10.9 Å². The minimum absolute atomic E-state index is 0.135. The maximum atomic E-state index is 13.1. The smallest absolute Gasteiger partial charge is 0.292 e. The Bertz CT molecular complexity index is 1180. The normalized spacial score (nSPS) is 15.6. The first-order valence-electron chi connectivity index (χ1n) is 9.08. The van der Waals surface area contributed by atoms with Gasteiger partial charge in [-0.3, -0.25) is 4.79 Å². The number of nitrogens with zero attached hydrogens (tertiary/aromatic N) is 3. The lowest BCUT2D eigenvalue weighted by Gasteiger charge is -2.33. The van der Waals surface area contributed by atoms with E-state index in [0.29, 0.717) is 28.8 Å². The first-order valence-corrected chi connectivity index (χ1v) is 9.84. The summed E-state index contributed by atoms with van der Waals surface area (Å²) in [5, 5.41) is 1.81. The number of hydrogen-bond donors (Lipinski definition) is 1. The Labute approximate surface area is 178 Å². The van der Waals surface area contributed by atoms with Crippen molar-refractivity contribution in [3.8, 4) is 17.6 Å². The van der Waals surface area contributed by atoms with Crippen LogP contribution in [-0.4, -0.2) is 39.4 Å². The monoisotopic (exact) mass is 428 g/mol. The van der Waals surface area contributed by atoms with Gasteiger partial charge in [0, 0.05) is 35.2 Å². The summed E-state index contributed by atoms with van der Waals surface area (Å²) >= 11 is 12.8. The predicted molar refractivity (Wildman–Crippen MR) is 113 cm³/mol. The van der Waals surface area contributed by atoms with E-state index < -0.39 is 0 Å². The largest absolute Gasteiger partial charge is 0.494 e. The molecule has 8 heteroatoms. The van der Waals surface area contributed by atoms with E-state index in [9.17, 15) is 4.79 Å². The van der Waals surface area contributed by atoms with Crippen molar-refractivity contribution in [3.05, 3.63) is 51.2 Å². The highest BCUT2D eigenvalue weighted by atomic mass is 35.5. The first kappa shape index (κ1) is 19.6. The number of carbonyl (C=O) groups is 1. The van der Waals surface area contributed by atoms with Gasteiger partial charge in [-0.15, -0.1) is 5.92 Å². The van der Waals surface area contributed by atoms with E-state index in [4.69, 9.17) is 27.9 Å². The third kappa shape index (κ3) is 3.21. The van der Waals surface area contributed by atoms with Gasteiger partial charge >= 0.3 is 0 Å². The van der Waals surface area contributed by atoms with Gasteiger partial charge in [0.1, 0.15) is 0 Å². The summed E-state index contributed by atoms with van der Waals surface area (Å²) in [5.41, 5.74) is 3.58. The van der Waals surface area contributed by atoms with Crippen LogP contribution in [0, 0.1) is 11.8 Å². The van der Waals surface area contributed by atoms with Gasteiger partial charge in [-0.1, -0.05) is 29.1 Å². The predicted octanol–water partition coefficient (Wildman–Crippen LogP) is 4.40. The van der Waals surface area contributed by atoms with E-state index in [2.05, 4.69) is 26.8 Å². The molecule has 1 N–H and O–H groups in total. The van der Waals surface area contributed by atoms with Crippen molar-refractivity contribution in [1.29, 1.82) is 0 Å². The molecule has 1 atom stereocenters. The number of halogens is 2. The van der Waals surface area contributed by atoms with E-state index >= 15 is 0 Å². The van der Waals surface area contributed by atoms with Crippen molar-refractivity contribution >= 4 is 40.0 Å². The third-order valence-corrected chi connectivity index (χ3v) is 5.94. The van der Waals surface area contributed by atoms with Gasteiger partial charge in [0.05, 0.1) is 41.1 Å². The van der Waals surface area contributed by atoms with Gasteiger partial charge in [-0.05, 0) is 19.9 Å². The van der Waals surface area contributed by atoms with Gasteiger partial charge in [0.25, 0.3) is 5.91 Å². The number of ether oxygens (including phenoxy) is 1. The molecule has 6 nitrogen and oxygen atoms in total. The number of hydrogen-bond acceptors (Lipinski definition) is 4. The van der Waals surface area contributed by atoms with Gasteiger partial charge < -0.3 is 14.6 Å². The number of benzene rings is 1. The fraction of sp³-hybridized carbons (Fsp3) is 0.286. The van der Waals surface area contributed by atoms with E-state index in [1.165, 1.54) is 19.5 Å². The van der Waals surface area contributed by atoms with Crippen molar-refractivity contribution in [3.63, 3.8) is 0 Å². The lowest BCUT2D eigenvalue weighted by molar-refractivity contribution is 0.0665. The Morgan fingerprint density at radius 1 is 1.34 bits per heavy atom. The summed E-state index contributed by atoms with van der Waals surface area (Å²) in [6.07, 6.45) is 3.63. The number of methoxy groups -OCH3 is 1. The topological polar surface area (TPSA) is 71.1 Å². The zero-order valence-electron chi connectivity index (χ0n) is 16.1. The average Bonchev–Trinajstić information content (AvgIpc) is 3.13. The molecule has 4 rings (SSSR count). The molecule has 0 saturated heterocycles. The fourth-order valence-corrected chi connectivity index (χ4v) is 4.20. The number of nitrogens with one attached hydrogen (secondary N) is 1. The second-order valence-electron chi connectivity index (χ2n) is 6.73. The molecule has 0 unspecified atom stereocenters. The molecule has 0 bridgehead atoms. The van der Waals surface area contributed by atoms with Crippen LogP contribution in [0.1, 0.15) is 47.3 Å². The molecular weight excluding hydrogens is 411 g/mol. The fourth-order valence-electron chi connectivity index (χ4n) is 3.80. The summed E-state index contributed by atoms with van der Waals surface area (Å²) in [6.45, 7) is 4.29. The number of rotatable bonds is 2. The Morgan fingerprint density at radius 3 is 2.72 bits per heavy atom. The Hall–Kier alpha value is -2.75.